The quantitative estimate of drug-likeness (QED) is 0.548. The van der Waals surface area contributed by atoms with Crippen molar-refractivity contribution in [3.63, 3.8) is 0 Å². The van der Waals surface area contributed by atoms with Crippen LogP contribution in [-0.2, 0) is 0 Å². The molecule has 0 fully saturated rings. The monoisotopic (exact) mass is 217 g/mol. The normalized spacial score (nSPS) is 7.60. The van der Waals surface area contributed by atoms with E-state index in [1.54, 1.807) is 4.09 Å². The average Bonchev–Trinajstić information content (AvgIpc) is 1.38. The van der Waals surface area contributed by atoms with Crippen LogP contribution in [0.5, 0.6) is 0 Å². The molecule has 0 aromatic rings. The molecule has 0 saturated heterocycles. The molecule has 0 unspecified atom stereocenters. The third kappa shape index (κ3) is 4.87. The van der Waals surface area contributed by atoms with Gasteiger partial charge in [-0.3, -0.25) is 0 Å². The van der Waals surface area contributed by atoms with E-state index in [1.165, 1.54) is 0 Å². The third-order valence-corrected chi connectivity index (χ3v) is 1.96. The van der Waals surface area contributed by atoms with Crippen LogP contribution in [0.3, 0.4) is 0 Å². The summed E-state index contributed by atoms with van der Waals surface area (Å²) in [5.74, 6) is 0. The molecule has 0 spiro atoms. The SMILES string of the molecule is N#[C][SnH]([Cl])[Cl]. The van der Waals surface area contributed by atoms with E-state index < -0.39 is 17.5 Å². The van der Waals surface area contributed by atoms with Crippen molar-refractivity contribution in [3.05, 3.63) is 0 Å². The number of nitrogens with zero attached hydrogens (tertiary/aromatic N) is 1. The van der Waals surface area contributed by atoms with E-state index in [0.717, 1.165) is 0 Å². The summed E-state index contributed by atoms with van der Waals surface area (Å²) in [5.41, 5.74) is 0. The van der Waals surface area contributed by atoms with Crippen molar-refractivity contribution >= 4 is 35.3 Å². The molecule has 0 aromatic heterocycles. The fraction of sp³-hybridized carbons (Fsp3) is 0. The Morgan fingerprint density at radius 2 is 1.80 bits per heavy atom. The Bertz CT molecular complexity index is 55.2. The van der Waals surface area contributed by atoms with Crippen molar-refractivity contribution in [2.75, 3.05) is 0 Å². The van der Waals surface area contributed by atoms with Crippen molar-refractivity contribution in [2.24, 2.45) is 0 Å². The van der Waals surface area contributed by atoms with E-state index in [9.17, 15) is 0 Å². The van der Waals surface area contributed by atoms with E-state index in [2.05, 4.69) is 0 Å². The minimum atomic E-state index is -2.43. The number of halogens is 2. The molecule has 0 aliphatic carbocycles. The van der Waals surface area contributed by atoms with Crippen molar-refractivity contribution in [1.82, 2.24) is 0 Å². The van der Waals surface area contributed by atoms with Gasteiger partial charge in [-0.05, 0) is 0 Å². The first-order valence-corrected chi connectivity index (χ1v) is 10.9. The summed E-state index contributed by atoms with van der Waals surface area (Å²) in [6.45, 7) is 0. The Balaban J connectivity index is 2.94. The molecule has 0 aromatic carbocycles. The fourth-order valence-corrected chi connectivity index (χ4v) is 0. The number of hydrogen-bond acceptors (Lipinski definition) is 1. The van der Waals surface area contributed by atoms with Gasteiger partial charge in [-0.25, -0.2) is 0 Å². The van der Waals surface area contributed by atoms with Crippen molar-refractivity contribution in [3.8, 4) is 4.09 Å². The van der Waals surface area contributed by atoms with Crippen LogP contribution in [0.2, 0.25) is 0 Å². The predicted octanol–water partition coefficient (Wildman–Crippen LogP) is 0.747. The van der Waals surface area contributed by atoms with Crippen LogP contribution in [-0.4, -0.2) is 17.5 Å². The zero-order valence-corrected chi connectivity index (χ0v) is 7.09. The first-order valence-electron chi connectivity index (χ1n) is 0.949. The van der Waals surface area contributed by atoms with Gasteiger partial charge in [0.05, 0.1) is 0 Å². The number of hydrogen-bond donors (Lipinski definition) is 0. The van der Waals surface area contributed by atoms with Crippen molar-refractivity contribution in [1.29, 1.82) is 5.26 Å². The Morgan fingerprint density at radius 1 is 1.60 bits per heavy atom. The molecule has 0 radical (unpaired) electrons. The Hall–Kier alpha value is 0.869. The second-order valence-electron chi connectivity index (χ2n) is 0.430. The molecule has 0 heterocycles. The zero-order chi connectivity index (χ0) is 4.28. The van der Waals surface area contributed by atoms with Gasteiger partial charge in [-0.2, -0.15) is 0 Å². The van der Waals surface area contributed by atoms with E-state index in [1.807, 2.05) is 0 Å². The molecule has 0 N–H and O–H groups in total. The second kappa shape index (κ2) is 3.07. The van der Waals surface area contributed by atoms with Crippen LogP contribution >= 0.6 is 17.8 Å². The molecule has 0 atom stereocenters. The fourth-order valence-electron chi connectivity index (χ4n) is 0. The first-order chi connectivity index (χ1) is 2.27. The molecule has 5 heavy (non-hydrogen) atoms. The average molecular weight is 217 g/mol. The van der Waals surface area contributed by atoms with Gasteiger partial charge < -0.3 is 0 Å². The molecule has 0 amide bonds. The van der Waals surface area contributed by atoms with Crippen LogP contribution in [0, 0.1) is 9.35 Å². The summed E-state index contributed by atoms with van der Waals surface area (Å²) < 4.78 is 1.77. The number of nitriles is 1. The van der Waals surface area contributed by atoms with Gasteiger partial charge in [-0.15, -0.1) is 0 Å². The summed E-state index contributed by atoms with van der Waals surface area (Å²) in [5, 5.41) is 7.72. The zero-order valence-electron chi connectivity index (χ0n) is 2.28. The van der Waals surface area contributed by atoms with E-state index in [4.69, 9.17) is 23.1 Å². The molecule has 0 rings (SSSR count). The second-order valence-corrected chi connectivity index (χ2v) is 10.2. The summed E-state index contributed by atoms with van der Waals surface area (Å²) >= 11 is -2.43. The molecule has 4 heteroatoms. The van der Waals surface area contributed by atoms with Gasteiger partial charge in [0, 0.05) is 0 Å². The Morgan fingerprint density at radius 3 is 1.80 bits per heavy atom. The van der Waals surface area contributed by atoms with Crippen LogP contribution < -0.4 is 0 Å². The van der Waals surface area contributed by atoms with Crippen LogP contribution in [0.4, 0.5) is 0 Å². The first kappa shape index (κ1) is 5.87. The summed E-state index contributed by atoms with van der Waals surface area (Å²) in [4.78, 5) is 0. The van der Waals surface area contributed by atoms with Gasteiger partial charge in [0.25, 0.3) is 0 Å². The van der Waals surface area contributed by atoms with E-state index in [0.29, 0.717) is 0 Å². The van der Waals surface area contributed by atoms with Crippen LogP contribution in [0.15, 0.2) is 0 Å². The minimum absolute atomic E-state index is 1.77. The molecule has 0 aliphatic heterocycles. The van der Waals surface area contributed by atoms with Crippen LogP contribution in [0.25, 0.3) is 0 Å². The van der Waals surface area contributed by atoms with Gasteiger partial charge in [0.15, 0.2) is 0 Å². The van der Waals surface area contributed by atoms with Crippen molar-refractivity contribution < 1.29 is 0 Å². The summed E-state index contributed by atoms with van der Waals surface area (Å²) in [6, 6.07) is 0. The summed E-state index contributed by atoms with van der Waals surface area (Å²) in [6.07, 6.45) is 0. The van der Waals surface area contributed by atoms with Crippen LogP contribution in [0.1, 0.15) is 0 Å². The standard InChI is InChI=1S/CN.2ClH.Sn.H/c1-2;;;;/h;2*1H;;/q;;;+2;/p-2. The van der Waals surface area contributed by atoms with Gasteiger partial charge in [0.2, 0.25) is 0 Å². The molecule has 0 saturated carbocycles. The molecular formula is CHCl2NSn. The maximum atomic E-state index is 7.72. The van der Waals surface area contributed by atoms with Gasteiger partial charge in [-0.1, -0.05) is 0 Å². The molecule has 0 bridgehead atoms. The topological polar surface area (TPSA) is 23.8 Å². The maximum absolute atomic E-state index is 7.72. The molecule has 1 nitrogen and oxygen atoms in total. The molecule has 0 aliphatic rings. The van der Waals surface area contributed by atoms with Gasteiger partial charge >= 0.3 is 44.7 Å². The van der Waals surface area contributed by atoms with E-state index in [-0.39, 0.29) is 0 Å². The molecular weight excluding hydrogens is 216 g/mol. The van der Waals surface area contributed by atoms with Gasteiger partial charge in [0.1, 0.15) is 0 Å². The Kier molecular flexibility index (Phi) is 3.61. The Labute approximate surface area is 44.7 Å². The van der Waals surface area contributed by atoms with E-state index >= 15 is 0 Å². The predicted molar refractivity (Wildman–Crippen MR) is 24.5 cm³/mol. The third-order valence-electron chi connectivity index (χ3n) is 0.0976. The van der Waals surface area contributed by atoms with Crippen molar-refractivity contribution in [2.45, 2.75) is 0 Å². The summed E-state index contributed by atoms with van der Waals surface area (Å²) in [7, 11) is 10.2. The number of rotatable bonds is 0. The molecule has 28 valence electrons.